The van der Waals surface area contributed by atoms with Crippen LogP contribution in [0.25, 0.3) is 10.9 Å². The molecule has 1 fully saturated rings. The van der Waals surface area contributed by atoms with Crippen LogP contribution in [0.2, 0.25) is 0 Å². The second kappa shape index (κ2) is 5.66. The summed E-state index contributed by atoms with van der Waals surface area (Å²) in [5.74, 6) is 3.09. The predicted molar refractivity (Wildman–Crippen MR) is 82.3 cm³/mol. The fraction of sp³-hybridized carbons (Fsp3) is 0.357. The predicted octanol–water partition coefficient (Wildman–Crippen LogP) is 3.31. The molecule has 5 nitrogen and oxygen atoms in total. The minimum atomic E-state index is -0.360. The third-order valence-electron chi connectivity index (χ3n) is 3.55. The summed E-state index contributed by atoms with van der Waals surface area (Å²) < 4.78 is 0. The van der Waals surface area contributed by atoms with Gasteiger partial charge in [-0.25, -0.2) is 0 Å². The number of nitro groups is 1. The minimum absolute atomic E-state index is 0.107. The van der Waals surface area contributed by atoms with Gasteiger partial charge in [0, 0.05) is 18.8 Å². The number of rotatable bonds is 4. The number of anilines is 1. The molecule has 0 radical (unpaired) electrons. The van der Waals surface area contributed by atoms with E-state index in [1.807, 2.05) is 11.8 Å². The molecule has 1 aliphatic rings. The van der Waals surface area contributed by atoms with E-state index in [0.717, 1.165) is 12.2 Å². The molecule has 1 unspecified atom stereocenters. The van der Waals surface area contributed by atoms with Crippen LogP contribution >= 0.6 is 11.8 Å². The topological polar surface area (TPSA) is 68.1 Å². The molecule has 0 bridgehead atoms. The van der Waals surface area contributed by atoms with Gasteiger partial charge in [0.2, 0.25) is 0 Å². The summed E-state index contributed by atoms with van der Waals surface area (Å²) in [7, 11) is 0. The molecule has 2 aromatic rings. The van der Waals surface area contributed by atoms with E-state index in [-0.39, 0.29) is 10.6 Å². The van der Waals surface area contributed by atoms with Crippen LogP contribution < -0.4 is 5.32 Å². The van der Waals surface area contributed by atoms with Crippen LogP contribution in [-0.2, 0) is 0 Å². The van der Waals surface area contributed by atoms with Crippen LogP contribution in [0.3, 0.4) is 0 Å². The summed E-state index contributed by atoms with van der Waals surface area (Å²) in [4.78, 5) is 15.0. The van der Waals surface area contributed by atoms with Crippen LogP contribution in [0.4, 0.5) is 11.4 Å². The van der Waals surface area contributed by atoms with Crippen molar-refractivity contribution in [2.24, 2.45) is 5.92 Å². The number of non-ortho nitro benzene ring substituents is 1. The fourth-order valence-electron chi connectivity index (χ4n) is 2.46. The highest BCUT2D eigenvalue weighted by Gasteiger charge is 2.18. The van der Waals surface area contributed by atoms with E-state index >= 15 is 0 Å². The van der Waals surface area contributed by atoms with Crippen LogP contribution in [0.5, 0.6) is 0 Å². The second-order valence-electron chi connectivity index (χ2n) is 4.90. The largest absolute Gasteiger partial charge is 0.383 e. The van der Waals surface area contributed by atoms with Crippen molar-refractivity contribution in [3.05, 3.63) is 40.6 Å². The Morgan fingerprint density at radius 3 is 3.10 bits per heavy atom. The number of fused-ring (bicyclic) bond motifs is 1. The van der Waals surface area contributed by atoms with E-state index in [0.29, 0.717) is 16.8 Å². The third-order valence-corrected chi connectivity index (χ3v) is 4.78. The minimum Gasteiger partial charge on any atom is -0.383 e. The molecule has 6 heteroatoms. The summed E-state index contributed by atoms with van der Waals surface area (Å²) in [6, 6.07) is 6.79. The van der Waals surface area contributed by atoms with E-state index < -0.39 is 0 Å². The summed E-state index contributed by atoms with van der Waals surface area (Å²) in [5, 5.41) is 15.0. The zero-order valence-corrected chi connectivity index (χ0v) is 11.7. The molecule has 1 saturated heterocycles. The third kappa shape index (κ3) is 2.56. The van der Waals surface area contributed by atoms with E-state index in [1.165, 1.54) is 17.9 Å². The Morgan fingerprint density at radius 2 is 2.35 bits per heavy atom. The maximum atomic E-state index is 11.0. The Kier molecular flexibility index (Phi) is 3.73. The number of hydrogen-bond donors (Lipinski definition) is 1. The average molecular weight is 289 g/mol. The highest BCUT2D eigenvalue weighted by molar-refractivity contribution is 7.99. The van der Waals surface area contributed by atoms with Crippen molar-refractivity contribution in [1.82, 2.24) is 4.98 Å². The lowest BCUT2D eigenvalue weighted by Crippen LogP contribution is -2.13. The van der Waals surface area contributed by atoms with Gasteiger partial charge in [0.15, 0.2) is 0 Å². The van der Waals surface area contributed by atoms with Gasteiger partial charge in [-0.2, -0.15) is 11.8 Å². The Hall–Kier alpha value is -1.82. The number of thioether (sulfide) groups is 1. The fourth-order valence-corrected chi connectivity index (χ4v) is 3.74. The highest BCUT2D eigenvalue weighted by Crippen LogP contribution is 2.30. The van der Waals surface area contributed by atoms with Crippen molar-refractivity contribution in [2.45, 2.75) is 6.42 Å². The van der Waals surface area contributed by atoms with Gasteiger partial charge >= 0.3 is 0 Å². The molecule has 1 atom stereocenters. The molecule has 0 spiro atoms. The number of nitrogens with zero attached hydrogens (tertiary/aromatic N) is 2. The summed E-state index contributed by atoms with van der Waals surface area (Å²) >= 11 is 1.98. The quantitative estimate of drug-likeness (QED) is 0.691. The van der Waals surface area contributed by atoms with E-state index in [1.54, 1.807) is 30.5 Å². The van der Waals surface area contributed by atoms with E-state index in [2.05, 4.69) is 10.3 Å². The van der Waals surface area contributed by atoms with Gasteiger partial charge in [0.25, 0.3) is 5.69 Å². The second-order valence-corrected chi connectivity index (χ2v) is 6.05. The number of pyridine rings is 1. The number of benzene rings is 1. The van der Waals surface area contributed by atoms with Gasteiger partial charge in [-0.15, -0.1) is 0 Å². The van der Waals surface area contributed by atoms with Gasteiger partial charge in [-0.3, -0.25) is 15.1 Å². The lowest BCUT2D eigenvalue weighted by atomic mass is 10.1. The van der Waals surface area contributed by atoms with Gasteiger partial charge < -0.3 is 5.32 Å². The normalized spacial score (nSPS) is 18.3. The number of nitro benzene ring substituents is 1. The molecule has 1 N–H and O–H groups in total. The lowest BCUT2D eigenvalue weighted by Gasteiger charge is -2.12. The Balaban J connectivity index is 1.91. The molecular weight excluding hydrogens is 274 g/mol. The smallest absolute Gasteiger partial charge is 0.278 e. The maximum Gasteiger partial charge on any atom is 0.278 e. The zero-order chi connectivity index (χ0) is 13.9. The Bertz CT molecular complexity index is 641. The number of hydrogen-bond acceptors (Lipinski definition) is 5. The average Bonchev–Trinajstić information content (AvgIpc) is 2.97. The van der Waals surface area contributed by atoms with Crippen LogP contribution in [0, 0.1) is 16.0 Å². The van der Waals surface area contributed by atoms with Gasteiger partial charge in [0.05, 0.1) is 16.0 Å². The van der Waals surface area contributed by atoms with Crippen LogP contribution in [0.15, 0.2) is 30.5 Å². The van der Waals surface area contributed by atoms with E-state index in [4.69, 9.17) is 0 Å². The van der Waals surface area contributed by atoms with Gasteiger partial charge in [-0.1, -0.05) is 0 Å². The molecule has 0 amide bonds. The van der Waals surface area contributed by atoms with Crippen LogP contribution in [0.1, 0.15) is 6.42 Å². The monoisotopic (exact) mass is 289 g/mol. The van der Waals surface area contributed by atoms with Crippen molar-refractivity contribution in [1.29, 1.82) is 0 Å². The first-order valence-electron chi connectivity index (χ1n) is 6.59. The molecule has 0 saturated carbocycles. The zero-order valence-electron chi connectivity index (χ0n) is 10.9. The first kappa shape index (κ1) is 13.2. The van der Waals surface area contributed by atoms with Crippen LogP contribution in [-0.4, -0.2) is 28.0 Å². The molecule has 104 valence electrons. The molecule has 20 heavy (non-hydrogen) atoms. The van der Waals surface area contributed by atoms with Gasteiger partial charge in [-0.05, 0) is 42.0 Å². The maximum absolute atomic E-state index is 11.0. The summed E-state index contributed by atoms with van der Waals surface area (Å²) in [6.07, 6.45) is 2.90. The molecule has 0 aliphatic carbocycles. The lowest BCUT2D eigenvalue weighted by molar-refractivity contribution is -0.383. The van der Waals surface area contributed by atoms with Crippen molar-refractivity contribution in [2.75, 3.05) is 23.4 Å². The molecule has 1 aliphatic heterocycles. The SMILES string of the molecule is O=[N+]([O-])c1ccc(NCC2CCSC2)c2ncccc12. The number of nitrogens with one attached hydrogen (secondary N) is 1. The molecule has 2 heterocycles. The standard InChI is InChI=1S/C14H15N3O2S/c18-17(19)13-4-3-12(14-11(13)2-1-6-15-14)16-8-10-5-7-20-9-10/h1-4,6,10,16H,5,7-9H2. The Labute approximate surface area is 120 Å². The summed E-state index contributed by atoms with van der Waals surface area (Å²) in [6.45, 7) is 0.899. The first-order valence-corrected chi connectivity index (χ1v) is 7.75. The van der Waals surface area contributed by atoms with Crippen molar-refractivity contribution in [3.63, 3.8) is 0 Å². The van der Waals surface area contributed by atoms with Crippen molar-refractivity contribution >= 4 is 34.0 Å². The van der Waals surface area contributed by atoms with Crippen molar-refractivity contribution in [3.8, 4) is 0 Å². The molecule has 1 aromatic heterocycles. The Morgan fingerprint density at radius 1 is 1.45 bits per heavy atom. The summed E-state index contributed by atoms with van der Waals surface area (Å²) in [5.41, 5.74) is 1.66. The molecule has 1 aromatic carbocycles. The first-order chi connectivity index (χ1) is 9.75. The van der Waals surface area contributed by atoms with Gasteiger partial charge in [0.1, 0.15) is 5.52 Å². The highest BCUT2D eigenvalue weighted by atomic mass is 32.2. The molecule has 3 rings (SSSR count). The molecular formula is C14H15N3O2S. The number of aromatic nitrogens is 1. The van der Waals surface area contributed by atoms with Crippen molar-refractivity contribution < 1.29 is 4.92 Å². The van der Waals surface area contributed by atoms with E-state index in [9.17, 15) is 10.1 Å².